The van der Waals surface area contributed by atoms with E-state index in [0.29, 0.717) is 17.6 Å². The molecule has 30 heavy (non-hydrogen) atoms. The number of aryl methyl sites for hydroxylation is 1. The monoisotopic (exact) mass is 411 g/mol. The molecule has 162 valence electrons. The van der Waals surface area contributed by atoms with Crippen molar-refractivity contribution >= 4 is 22.6 Å². The van der Waals surface area contributed by atoms with Crippen molar-refractivity contribution < 1.29 is 9.53 Å². The third-order valence-corrected chi connectivity index (χ3v) is 6.04. The van der Waals surface area contributed by atoms with Crippen molar-refractivity contribution in [3.05, 3.63) is 35.4 Å². The maximum Gasteiger partial charge on any atom is 0.256 e. The van der Waals surface area contributed by atoms with E-state index in [4.69, 9.17) is 15.5 Å². The molecule has 4 rings (SSSR count). The molecule has 2 aliphatic heterocycles. The Hall–Kier alpha value is -2.22. The SMILES string of the molecule is Cc1ccc2cc(C(=O)NC(C)N)c(N3CCC(NC4CCOCC4)CC3)nc2c1. The maximum atomic E-state index is 12.9. The molecule has 2 aromatic rings. The van der Waals surface area contributed by atoms with Gasteiger partial charge in [0, 0.05) is 43.8 Å². The van der Waals surface area contributed by atoms with E-state index in [1.807, 2.05) is 18.2 Å². The van der Waals surface area contributed by atoms with E-state index in [2.05, 4.69) is 28.5 Å². The molecule has 4 N–H and O–H groups in total. The third-order valence-electron chi connectivity index (χ3n) is 6.04. The van der Waals surface area contributed by atoms with Gasteiger partial charge in [-0.2, -0.15) is 0 Å². The Morgan fingerprint density at radius 3 is 2.57 bits per heavy atom. The number of pyridine rings is 1. The third kappa shape index (κ3) is 4.91. The van der Waals surface area contributed by atoms with Gasteiger partial charge in [-0.25, -0.2) is 4.98 Å². The first-order chi connectivity index (χ1) is 14.5. The molecule has 1 aromatic carbocycles. The van der Waals surface area contributed by atoms with E-state index in [-0.39, 0.29) is 5.91 Å². The number of benzene rings is 1. The molecular formula is C23H33N5O2. The number of hydrogen-bond acceptors (Lipinski definition) is 6. The van der Waals surface area contributed by atoms with Gasteiger partial charge in [0.25, 0.3) is 5.91 Å². The second-order valence-electron chi connectivity index (χ2n) is 8.63. The molecule has 1 aromatic heterocycles. The van der Waals surface area contributed by atoms with Crippen LogP contribution in [-0.4, -0.2) is 55.4 Å². The number of carbonyl (C=O) groups excluding carboxylic acids is 1. The lowest BCUT2D eigenvalue weighted by Gasteiger charge is -2.36. The Morgan fingerprint density at radius 2 is 1.87 bits per heavy atom. The average molecular weight is 412 g/mol. The molecule has 2 saturated heterocycles. The summed E-state index contributed by atoms with van der Waals surface area (Å²) in [6.45, 7) is 7.30. The lowest BCUT2D eigenvalue weighted by Crippen LogP contribution is -2.48. The topological polar surface area (TPSA) is 92.5 Å². The molecule has 3 heterocycles. The number of hydrogen-bond donors (Lipinski definition) is 3. The van der Waals surface area contributed by atoms with Crippen LogP contribution in [0.2, 0.25) is 0 Å². The number of fused-ring (bicyclic) bond motifs is 1. The predicted octanol–water partition coefficient (Wildman–Crippen LogP) is 2.32. The number of nitrogens with zero attached hydrogens (tertiary/aromatic N) is 2. The summed E-state index contributed by atoms with van der Waals surface area (Å²) in [6.07, 6.45) is 3.85. The molecule has 7 heteroatoms. The Labute approximate surface area is 178 Å². The van der Waals surface area contributed by atoms with Crippen molar-refractivity contribution in [3.8, 4) is 0 Å². The van der Waals surface area contributed by atoms with Gasteiger partial charge < -0.3 is 26.0 Å². The van der Waals surface area contributed by atoms with Crippen molar-refractivity contribution in [1.29, 1.82) is 0 Å². The van der Waals surface area contributed by atoms with E-state index >= 15 is 0 Å². The molecule has 0 aliphatic carbocycles. The van der Waals surface area contributed by atoms with Gasteiger partial charge in [-0.05, 0) is 57.2 Å². The van der Waals surface area contributed by atoms with Crippen molar-refractivity contribution in [2.75, 3.05) is 31.2 Å². The zero-order chi connectivity index (χ0) is 21.1. The van der Waals surface area contributed by atoms with E-state index in [1.54, 1.807) is 6.92 Å². The number of nitrogens with one attached hydrogen (secondary N) is 2. The summed E-state index contributed by atoms with van der Waals surface area (Å²) in [5, 5.41) is 7.60. The minimum atomic E-state index is -0.409. The molecule has 1 unspecified atom stereocenters. The highest BCUT2D eigenvalue weighted by Crippen LogP contribution is 2.27. The normalized spacial score (nSPS) is 19.8. The number of carbonyl (C=O) groups is 1. The minimum absolute atomic E-state index is 0.169. The van der Waals surface area contributed by atoms with Crippen molar-refractivity contribution in [2.24, 2.45) is 5.73 Å². The Balaban J connectivity index is 1.53. The van der Waals surface area contributed by atoms with Gasteiger partial charge in [0.2, 0.25) is 0 Å². The fourth-order valence-electron chi connectivity index (χ4n) is 4.42. The lowest BCUT2D eigenvalue weighted by atomic mass is 10.0. The highest BCUT2D eigenvalue weighted by molar-refractivity contribution is 6.02. The number of ether oxygens (including phenoxy) is 1. The van der Waals surface area contributed by atoms with Gasteiger partial charge in [-0.1, -0.05) is 12.1 Å². The molecule has 0 bridgehead atoms. The maximum absolute atomic E-state index is 12.9. The van der Waals surface area contributed by atoms with Crippen molar-refractivity contribution in [1.82, 2.24) is 15.6 Å². The van der Waals surface area contributed by atoms with E-state index in [1.165, 1.54) is 0 Å². The second kappa shape index (κ2) is 9.29. The molecule has 0 saturated carbocycles. The number of amides is 1. The van der Waals surface area contributed by atoms with Gasteiger partial charge in [-0.3, -0.25) is 4.79 Å². The van der Waals surface area contributed by atoms with Crippen LogP contribution in [0.15, 0.2) is 24.3 Å². The van der Waals surface area contributed by atoms with Crippen molar-refractivity contribution in [3.63, 3.8) is 0 Å². The fraction of sp³-hybridized carbons (Fsp3) is 0.565. The van der Waals surface area contributed by atoms with Crippen LogP contribution < -0.4 is 21.3 Å². The van der Waals surface area contributed by atoms with Crippen LogP contribution in [-0.2, 0) is 4.74 Å². The zero-order valence-electron chi connectivity index (χ0n) is 18.0. The lowest BCUT2D eigenvalue weighted by molar-refractivity contribution is 0.0738. The minimum Gasteiger partial charge on any atom is -0.381 e. The molecule has 2 fully saturated rings. The number of rotatable bonds is 5. The van der Waals surface area contributed by atoms with Gasteiger partial charge in [0.15, 0.2) is 0 Å². The quantitative estimate of drug-likeness (QED) is 0.654. The fourth-order valence-corrected chi connectivity index (χ4v) is 4.42. The Bertz CT molecular complexity index is 887. The highest BCUT2D eigenvalue weighted by Gasteiger charge is 2.26. The first-order valence-corrected chi connectivity index (χ1v) is 11.1. The summed E-state index contributed by atoms with van der Waals surface area (Å²) in [7, 11) is 0. The van der Waals surface area contributed by atoms with Crippen LogP contribution in [0.1, 0.15) is 48.5 Å². The summed E-state index contributed by atoms with van der Waals surface area (Å²) in [5.41, 5.74) is 8.49. The summed E-state index contributed by atoms with van der Waals surface area (Å²) in [4.78, 5) is 20.0. The van der Waals surface area contributed by atoms with Crippen LogP contribution in [0.5, 0.6) is 0 Å². The number of anilines is 1. The van der Waals surface area contributed by atoms with Crippen LogP contribution in [0.4, 0.5) is 5.82 Å². The van der Waals surface area contributed by atoms with E-state index in [0.717, 1.165) is 74.3 Å². The van der Waals surface area contributed by atoms with E-state index in [9.17, 15) is 4.79 Å². The summed E-state index contributed by atoms with van der Waals surface area (Å²) in [6, 6.07) is 9.16. The first kappa shape index (κ1) is 21.0. The van der Waals surface area contributed by atoms with E-state index < -0.39 is 6.17 Å². The molecule has 7 nitrogen and oxygen atoms in total. The zero-order valence-corrected chi connectivity index (χ0v) is 18.0. The molecule has 1 atom stereocenters. The van der Waals surface area contributed by atoms with Crippen molar-refractivity contribution in [2.45, 2.75) is 57.8 Å². The Morgan fingerprint density at radius 1 is 1.17 bits per heavy atom. The highest BCUT2D eigenvalue weighted by atomic mass is 16.5. The number of piperidine rings is 1. The van der Waals surface area contributed by atoms with Gasteiger partial charge in [-0.15, -0.1) is 0 Å². The average Bonchev–Trinajstić information content (AvgIpc) is 2.73. The van der Waals surface area contributed by atoms with Crippen LogP contribution >= 0.6 is 0 Å². The van der Waals surface area contributed by atoms with Gasteiger partial charge in [0.05, 0.1) is 17.2 Å². The molecule has 2 aliphatic rings. The summed E-state index contributed by atoms with van der Waals surface area (Å²) < 4.78 is 5.47. The van der Waals surface area contributed by atoms with Gasteiger partial charge in [0.1, 0.15) is 5.82 Å². The largest absolute Gasteiger partial charge is 0.381 e. The second-order valence-corrected chi connectivity index (χ2v) is 8.63. The number of aromatic nitrogens is 1. The molecule has 0 radical (unpaired) electrons. The summed E-state index contributed by atoms with van der Waals surface area (Å²) in [5.74, 6) is 0.591. The Kier molecular flexibility index (Phi) is 6.51. The first-order valence-electron chi connectivity index (χ1n) is 11.1. The molecule has 0 spiro atoms. The smallest absolute Gasteiger partial charge is 0.256 e. The predicted molar refractivity (Wildman–Crippen MR) is 120 cm³/mol. The van der Waals surface area contributed by atoms with Crippen LogP contribution in [0.25, 0.3) is 10.9 Å². The molecule has 1 amide bonds. The number of nitrogens with two attached hydrogens (primary N) is 1. The standard InChI is InChI=1S/C23H33N5O2/c1-15-3-4-17-14-20(23(29)25-16(2)24)22(27-21(17)13-15)28-9-5-18(6-10-28)26-19-7-11-30-12-8-19/h3-4,13-14,16,18-19,26H,5-12,24H2,1-2H3,(H,25,29). The summed E-state index contributed by atoms with van der Waals surface area (Å²) >= 11 is 0. The van der Waals surface area contributed by atoms with Crippen LogP contribution in [0, 0.1) is 6.92 Å². The molecular weight excluding hydrogens is 378 g/mol. The van der Waals surface area contributed by atoms with Crippen LogP contribution in [0.3, 0.4) is 0 Å². The van der Waals surface area contributed by atoms with Gasteiger partial charge >= 0.3 is 0 Å².